The van der Waals surface area contributed by atoms with Gasteiger partial charge >= 0.3 is 0 Å². The van der Waals surface area contributed by atoms with Gasteiger partial charge in [0.25, 0.3) is 11.8 Å². The van der Waals surface area contributed by atoms with E-state index in [2.05, 4.69) is 20.6 Å². The number of aryl methyl sites for hydroxylation is 1. The van der Waals surface area contributed by atoms with Crippen LogP contribution in [0.5, 0.6) is 5.75 Å². The first-order chi connectivity index (χ1) is 12.6. The van der Waals surface area contributed by atoms with Gasteiger partial charge in [0.2, 0.25) is 0 Å². The molecule has 2 N–H and O–H groups in total. The lowest BCUT2D eigenvalue weighted by atomic mass is 10.1. The minimum absolute atomic E-state index is 0.0204. The molecule has 0 spiro atoms. The molecule has 2 aromatic heterocycles. The molecule has 3 heterocycles. The summed E-state index contributed by atoms with van der Waals surface area (Å²) in [5.74, 6) is 0.185. The average molecular weight is 366 g/mol. The van der Waals surface area contributed by atoms with Crippen LogP contribution in [0.25, 0.3) is 11.3 Å². The third-order valence-corrected chi connectivity index (χ3v) is 4.71. The van der Waals surface area contributed by atoms with E-state index in [1.165, 1.54) is 17.5 Å². The van der Waals surface area contributed by atoms with Crippen molar-refractivity contribution in [3.05, 3.63) is 53.2 Å². The first-order valence-electron chi connectivity index (χ1n) is 7.86. The summed E-state index contributed by atoms with van der Waals surface area (Å²) in [7, 11) is 0. The van der Waals surface area contributed by atoms with Crippen LogP contribution in [0.3, 0.4) is 0 Å². The maximum absolute atomic E-state index is 12.3. The number of aromatic nitrogens is 2. The Labute approximate surface area is 153 Å². The Morgan fingerprint density at radius 1 is 1.35 bits per heavy atom. The summed E-state index contributed by atoms with van der Waals surface area (Å²) in [4.78, 5) is 33.2. The Bertz CT molecular complexity index is 1000. The van der Waals surface area contributed by atoms with Gasteiger partial charge in [-0.1, -0.05) is 0 Å². The summed E-state index contributed by atoms with van der Waals surface area (Å²) in [5, 5.41) is 6.08. The quantitative estimate of drug-likeness (QED) is 0.743. The van der Waals surface area contributed by atoms with Gasteiger partial charge in [-0.2, -0.15) is 0 Å². The van der Waals surface area contributed by atoms with Crippen molar-refractivity contribution in [2.45, 2.75) is 6.92 Å². The van der Waals surface area contributed by atoms with Crippen LogP contribution >= 0.6 is 11.3 Å². The van der Waals surface area contributed by atoms with E-state index in [4.69, 9.17) is 4.74 Å². The third kappa shape index (κ3) is 3.14. The minimum atomic E-state index is -0.260. The molecule has 0 fully saturated rings. The van der Waals surface area contributed by atoms with E-state index in [-0.39, 0.29) is 18.4 Å². The molecule has 1 aliphatic heterocycles. The van der Waals surface area contributed by atoms with E-state index in [9.17, 15) is 9.59 Å². The molecule has 8 heteroatoms. The van der Waals surface area contributed by atoms with Crippen molar-refractivity contribution < 1.29 is 14.3 Å². The number of rotatable bonds is 3. The number of amides is 2. The number of nitrogens with one attached hydrogen (secondary N) is 2. The molecule has 4 rings (SSSR count). The molecule has 0 atom stereocenters. The number of hydrogen-bond donors (Lipinski definition) is 2. The lowest BCUT2D eigenvalue weighted by molar-refractivity contribution is -0.118. The number of nitrogens with zero attached hydrogens (tertiary/aromatic N) is 2. The lowest BCUT2D eigenvalue weighted by Gasteiger charge is -2.18. The first kappa shape index (κ1) is 16.2. The van der Waals surface area contributed by atoms with E-state index in [0.29, 0.717) is 22.1 Å². The van der Waals surface area contributed by atoms with Gasteiger partial charge < -0.3 is 10.1 Å². The fourth-order valence-corrected chi connectivity index (χ4v) is 3.45. The molecule has 1 aliphatic rings. The second-order valence-corrected chi connectivity index (χ2v) is 6.87. The Balaban J connectivity index is 1.60. The molecular formula is C18H14N4O3S. The van der Waals surface area contributed by atoms with Gasteiger partial charge in [0.1, 0.15) is 5.75 Å². The molecule has 26 heavy (non-hydrogen) atoms. The van der Waals surface area contributed by atoms with Crippen molar-refractivity contribution in [2.75, 3.05) is 17.2 Å². The number of carbonyl (C=O) groups excluding carboxylic acids is 2. The van der Waals surface area contributed by atoms with Gasteiger partial charge in [0.15, 0.2) is 11.7 Å². The second kappa shape index (κ2) is 6.57. The van der Waals surface area contributed by atoms with E-state index in [0.717, 1.165) is 16.1 Å². The number of thiazole rings is 1. The number of benzene rings is 1. The van der Waals surface area contributed by atoms with Gasteiger partial charge in [-0.25, -0.2) is 4.98 Å². The van der Waals surface area contributed by atoms with Crippen LogP contribution in [0, 0.1) is 6.92 Å². The number of ether oxygens (including phenoxy) is 1. The van der Waals surface area contributed by atoms with E-state index >= 15 is 0 Å². The summed E-state index contributed by atoms with van der Waals surface area (Å²) in [5.41, 5.74) is 2.67. The fraction of sp³-hybridized carbons (Fsp3) is 0.111. The molecule has 0 saturated heterocycles. The van der Waals surface area contributed by atoms with Crippen LogP contribution in [0.1, 0.15) is 15.2 Å². The van der Waals surface area contributed by atoms with Crippen LogP contribution in [0.15, 0.2) is 42.7 Å². The number of fused-ring (bicyclic) bond motifs is 1. The van der Waals surface area contributed by atoms with Crippen molar-refractivity contribution in [3.63, 3.8) is 0 Å². The van der Waals surface area contributed by atoms with Crippen molar-refractivity contribution in [2.24, 2.45) is 0 Å². The summed E-state index contributed by atoms with van der Waals surface area (Å²) >= 11 is 1.39. The molecule has 0 aliphatic carbocycles. The van der Waals surface area contributed by atoms with E-state index in [1.807, 2.05) is 19.1 Å². The molecule has 0 bridgehead atoms. The number of anilines is 2. The molecule has 0 saturated carbocycles. The van der Waals surface area contributed by atoms with Gasteiger partial charge in [-0.15, -0.1) is 11.3 Å². The summed E-state index contributed by atoms with van der Waals surface area (Å²) in [6.07, 6.45) is 3.11. The predicted octanol–water partition coefficient (Wildman–Crippen LogP) is 3.10. The van der Waals surface area contributed by atoms with Crippen molar-refractivity contribution in [1.29, 1.82) is 0 Å². The van der Waals surface area contributed by atoms with Gasteiger partial charge in [0.05, 0.1) is 16.9 Å². The highest BCUT2D eigenvalue weighted by Gasteiger charge is 2.19. The summed E-state index contributed by atoms with van der Waals surface area (Å²) < 4.78 is 5.37. The van der Waals surface area contributed by atoms with Crippen molar-refractivity contribution in [1.82, 2.24) is 9.97 Å². The number of hydrogen-bond acceptors (Lipinski definition) is 6. The van der Waals surface area contributed by atoms with Crippen LogP contribution in [0.2, 0.25) is 0 Å². The molecule has 130 valence electrons. The highest BCUT2D eigenvalue weighted by molar-refractivity contribution is 7.16. The standard InChI is InChI=1S/C18H14N4O3S/c1-10-16(11-4-5-14-13(7-11)20-15(23)9-25-14)21-18(26-10)22-17(24)12-3-2-6-19-8-12/h2-8H,9H2,1H3,(H,20,23)(H,21,22,24). The highest BCUT2D eigenvalue weighted by atomic mass is 32.1. The fourth-order valence-electron chi connectivity index (χ4n) is 2.61. The molecule has 3 aromatic rings. The van der Waals surface area contributed by atoms with Crippen LogP contribution in [-0.4, -0.2) is 28.4 Å². The zero-order chi connectivity index (χ0) is 18.1. The predicted molar refractivity (Wildman–Crippen MR) is 98.6 cm³/mol. The Hall–Kier alpha value is -3.26. The third-order valence-electron chi connectivity index (χ3n) is 3.83. The van der Waals surface area contributed by atoms with Gasteiger partial charge in [-0.05, 0) is 37.3 Å². The molecule has 0 unspecified atom stereocenters. The zero-order valence-corrected chi connectivity index (χ0v) is 14.6. The van der Waals surface area contributed by atoms with E-state index < -0.39 is 0 Å². The summed E-state index contributed by atoms with van der Waals surface area (Å²) in [6.45, 7) is 1.95. The van der Waals surface area contributed by atoms with Crippen molar-refractivity contribution in [3.8, 4) is 17.0 Å². The average Bonchev–Trinajstić information content (AvgIpc) is 3.02. The molecule has 0 radical (unpaired) electrons. The Kier molecular flexibility index (Phi) is 4.10. The SMILES string of the molecule is Cc1sc(NC(=O)c2cccnc2)nc1-c1ccc2c(c1)NC(=O)CO2. The number of pyridine rings is 1. The summed E-state index contributed by atoms with van der Waals surface area (Å²) in [6, 6.07) is 8.90. The zero-order valence-electron chi connectivity index (χ0n) is 13.8. The smallest absolute Gasteiger partial charge is 0.262 e. The number of carbonyl (C=O) groups is 2. The molecule has 2 amide bonds. The first-order valence-corrected chi connectivity index (χ1v) is 8.68. The monoisotopic (exact) mass is 366 g/mol. The van der Waals surface area contributed by atoms with Crippen LogP contribution in [0.4, 0.5) is 10.8 Å². The minimum Gasteiger partial charge on any atom is -0.482 e. The Morgan fingerprint density at radius 2 is 2.23 bits per heavy atom. The lowest BCUT2D eigenvalue weighted by Crippen LogP contribution is -2.25. The Morgan fingerprint density at radius 3 is 3.04 bits per heavy atom. The maximum atomic E-state index is 12.3. The molecule has 7 nitrogen and oxygen atoms in total. The van der Waals surface area contributed by atoms with Gasteiger partial charge in [0, 0.05) is 22.8 Å². The topological polar surface area (TPSA) is 93.2 Å². The van der Waals surface area contributed by atoms with E-state index in [1.54, 1.807) is 24.4 Å². The molecule has 1 aromatic carbocycles. The van der Waals surface area contributed by atoms with Crippen LogP contribution < -0.4 is 15.4 Å². The largest absolute Gasteiger partial charge is 0.482 e. The molecular weight excluding hydrogens is 352 g/mol. The van der Waals surface area contributed by atoms with Crippen molar-refractivity contribution >= 4 is 34.0 Å². The van der Waals surface area contributed by atoms with Gasteiger partial charge in [-0.3, -0.25) is 19.9 Å². The van der Waals surface area contributed by atoms with Crippen LogP contribution in [-0.2, 0) is 4.79 Å². The maximum Gasteiger partial charge on any atom is 0.262 e. The highest BCUT2D eigenvalue weighted by Crippen LogP contribution is 2.36. The normalized spacial score (nSPS) is 12.7. The second-order valence-electron chi connectivity index (χ2n) is 5.67.